The number of H-pyrrole nitrogens is 1. The predicted molar refractivity (Wildman–Crippen MR) is 133 cm³/mol. The number of aromatic nitrogens is 1. The van der Waals surface area contributed by atoms with E-state index in [0.29, 0.717) is 18.8 Å². The van der Waals surface area contributed by atoms with E-state index in [1.165, 1.54) is 19.2 Å². The van der Waals surface area contributed by atoms with E-state index in [2.05, 4.69) is 30.7 Å². The fourth-order valence-corrected chi connectivity index (χ4v) is 3.06. The van der Waals surface area contributed by atoms with E-state index >= 15 is 0 Å². The zero-order chi connectivity index (χ0) is 21.3. The number of hydrogen-bond acceptors (Lipinski definition) is 3. The van der Waals surface area contributed by atoms with Crippen LogP contribution >= 0.6 is 24.0 Å². The van der Waals surface area contributed by atoms with Crippen LogP contribution < -0.4 is 16.0 Å². The zero-order valence-electron chi connectivity index (χ0n) is 17.5. The molecule has 0 aliphatic carbocycles. The second-order valence-electron chi connectivity index (χ2n) is 6.69. The molecule has 0 bridgehead atoms. The van der Waals surface area contributed by atoms with Gasteiger partial charge in [0.05, 0.1) is 13.7 Å². The average molecular weight is 539 g/mol. The maximum Gasteiger partial charge on any atom is 0.411 e. The summed E-state index contributed by atoms with van der Waals surface area (Å²) in [6.07, 6.45) is 2.20. The Kier molecular flexibility index (Phi) is 9.57. The first-order valence-corrected chi connectivity index (χ1v) is 9.80. The number of ether oxygens (including phenoxy) is 1. The number of benzene rings is 2. The highest BCUT2D eigenvalue weighted by molar-refractivity contribution is 14.0. The number of carbonyl (C=O) groups excluding carboxylic acids is 1. The van der Waals surface area contributed by atoms with Crippen LogP contribution in [-0.2, 0) is 17.7 Å². The molecule has 4 N–H and O–H groups in total. The molecule has 0 unspecified atom stereocenters. The van der Waals surface area contributed by atoms with E-state index < -0.39 is 6.09 Å². The van der Waals surface area contributed by atoms with Crippen molar-refractivity contribution >= 4 is 52.6 Å². The van der Waals surface area contributed by atoms with Crippen molar-refractivity contribution < 1.29 is 13.9 Å². The van der Waals surface area contributed by atoms with Gasteiger partial charge in [0.15, 0.2) is 5.96 Å². The molecule has 0 aliphatic heterocycles. The number of hydrogen-bond donors (Lipinski definition) is 4. The highest BCUT2D eigenvalue weighted by Crippen LogP contribution is 2.19. The number of nitrogens with zero attached hydrogens (tertiary/aromatic N) is 1. The lowest BCUT2D eigenvalue weighted by molar-refractivity contribution is 0.187. The lowest BCUT2D eigenvalue weighted by Crippen LogP contribution is -2.38. The van der Waals surface area contributed by atoms with Gasteiger partial charge in [0.25, 0.3) is 0 Å². The Morgan fingerprint density at radius 2 is 1.94 bits per heavy atom. The van der Waals surface area contributed by atoms with Crippen LogP contribution in [0.5, 0.6) is 0 Å². The molecule has 0 radical (unpaired) electrons. The number of halogens is 2. The third-order valence-corrected chi connectivity index (χ3v) is 4.57. The Labute approximate surface area is 197 Å². The van der Waals surface area contributed by atoms with Crippen LogP contribution in [0.2, 0.25) is 0 Å². The molecule has 0 atom stereocenters. The molecule has 9 heteroatoms. The van der Waals surface area contributed by atoms with E-state index in [4.69, 9.17) is 0 Å². The number of fused-ring (bicyclic) bond motifs is 1. The summed E-state index contributed by atoms with van der Waals surface area (Å²) in [6, 6.07) is 12.2. The Morgan fingerprint density at radius 1 is 1.16 bits per heavy atom. The van der Waals surface area contributed by atoms with E-state index in [0.717, 1.165) is 41.0 Å². The molecule has 0 saturated heterocycles. The Balaban J connectivity index is 0.00000341. The third-order valence-electron chi connectivity index (χ3n) is 4.57. The van der Waals surface area contributed by atoms with Gasteiger partial charge >= 0.3 is 6.09 Å². The highest BCUT2D eigenvalue weighted by Gasteiger charge is 2.05. The third kappa shape index (κ3) is 7.12. The zero-order valence-corrected chi connectivity index (χ0v) is 19.8. The number of rotatable bonds is 7. The lowest BCUT2D eigenvalue weighted by Gasteiger charge is -2.11. The summed E-state index contributed by atoms with van der Waals surface area (Å²) in [5.74, 6) is 0.477. The van der Waals surface area contributed by atoms with Gasteiger partial charge in [-0.15, -0.1) is 24.0 Å². The largest absolute Gasteiger partial charge is 0.453 e. The van der Waals surface area contributed by atoms with E-state index in [9.17, 15) is 9.18 Å². The summed E-state index contributed by atoms with van der Waals surface area (Å²) >= 11 is 0. The summed E-state index contributed by atoms with van der Waals surface area (Å²) in [7, 11) is 1.33. The van der Waals surface area contributed by atoms with Crippen molar-refractivity contribution in [2.45, 2.75) is 19.9 Å². The Hall–Kier alpha value is -2.82. The number of anilines is 1. The van der Waals surface area contributed by atoms with Crippen LogP contribution in [0.15, 0.2) is 53.7 Å². The fourth-order valence-electron chi connectivity index (χ4n) is 3.06. The lowest BCUT2D eigenvalue weighted by atomic mass is 10.1. The molecule has 3 rings (SSSR count). The van der Waals surface area contributed by atoms with Crippen LogP contribution in [-0.4, -0.2) is 37.2 Å². The van der Waals surface area contributed by atoms with Crippen LogP contribution in [0, 0.1) is 5.82 Å². The van der Waals surface area contributed by atoms with Crippen molar-refractivity contribution in [2.75, 3.05) is 25.5 Å². The molecule has 166 valence electrons. The second-order valence-corrected chi connectivity index (χ2v) is 6.69. The second kappa shape index (κ2) is 12.1. The van der Waals surface area contributed by atoms with Crippen molar-refractivity contribution in [3.63, 3.8) is 0 Å². The summed E-state index contributed by atoms with van der Waals surface area (Å²) in [5.41, 5.74) is 3.61. The summed E-state index contributed by atoms with van der Waals surface area (Å²) in [4.78, 5) is 19.0. The molecule has 0 spiro atoms. The monoisotopic (exact) mass is 539 g/mol. The van der Waals surface area contributed by atoms with Crippen molar-refractivity contribution in [2.24, 2.45) is 4.99 Å². The first-order valence-electron chi connectivity index (χ1n) is 9.80. The number of aliphatic imine (C=N–C) groups is 1. The van der Waals surface area contributed by atoms with Crippen molar-refractivity contribution in [1.82, 2.24) is 15.6 Å². The van der Waals surface area contributed by atoms with Gasteiger partial charge in [-0.1, -0.05) is 12.1 Å². The number of nitrogens with one attached hydrogen (secondary N) is 4. The van der Waals surface area contributed by atoms with Crippen LogP contribution in [0.1, 0.15) is 18.1 Å². The van der Waals surface area contributed by atoms with Gasteiger partial charge < -0.3 is 20.4 Å². The quantitative estimate of drug-likeness (QED) is 0.204. The first kappa shape index (κ1) is 24.4. The molecule has 0 saturated carbocycles. The van der Waals surface area contributed by atoms with Crippen LogP contribution in [0.25, 0.3) is 10.9 Å². The molecule has 0 fully saturated rings. The van der Waals surface area contributed by atoms with Gasteiger partial charge in [-0.2, -0.15) is 0 Å². The molecule has 0 aliphatic rings. The molecule has 31 heavy (non-hydrogen) atoms. The van der Waals surface area contributed by atoms with E-state index in [1.54, 1.807) is 6.07 Å². The van der Waals surface area contributed by atoms with E-state index in [-0.39, 0.29) is 29.8 Å². The van der Waals surface area contributed by atoms with Gasteiger partial charge in [0.1, 0.15) is 5.82 Å². The minimum atomic E-state index is -0.500. The molecular formula is C22H27FIN5O2. The Morgan fingerprint density at radius 3 is 2.65 bits per heavy atom. The summed E-state index contributed by atoms with van der Waals surface area (Å²) in [6.45, 7) is 3.96. The summed E-state index contributed by atoms with van der Waals surface area (Å²) in [5, 5.41) is 10.2. The summed E-state index contributed by atoms with van der Waals surface area (Å²) < 4.78 is 17.9. The molecule has 3 aromatic rings. The van der Waals surface area contributed by atoms with E-state index in [1.807, 2.05) is 37.4 Å². The molecule has 7 nitrogen and oxygen atoms in total. The Bertz CT molecular complexity index is 1020. The standard InChI is InChI=1S/C22H26FN5O2.HI/c1-3-24-21(27-13-15-4-7-18(8-5-15)28-22(29)30-2)25-11-10-16-14-26-20-12-17(23)6-9-19(16)20;/h4-9,12,14,26H,3,10-11,13H2,1-2H3,(H,28,29)(H2,24,25,27);1H. The molecule has 1 heterocycles. The number of carbonyl (C=O) groups is 1. The SMILES string of the molecule is CCNC(=NCc1ccc(NC(=O)OC)cc1)NCCc1c[nH]c2cc(F)ccc12.I. The number of aromatic amines is 1. The maximum absolute atomic E-state index is 13.3. The molecule has 1 aromatic heterocycles. The fraction of sp³-hybridized carbons (Fsp3) is 0.273. The first-order chi connectivity index (χ1) is 14.6. The van der Waals surface area contributed by atoms with Gasteiger partial charge in [0, 0.05) is 35.9 Å². The van der Waals surface area contributed by atoms with Crippen molar-refractivity contribution in [1.29, 1.82) is 0 Å². The smallest absolute Gasteiger partial charge is 0.411 e. The van der Waals surface area contributed by atoms with Gasteiger partial charge in [0.2, 0.25) is 0 Å². The van der Waals surface area contributed by atoms with Gasteiger partial charge in [-0.3, -0.25) is 5.32 Å². The number of amides is 1. The topological polar surface area (TPSA) is 90.5 Å². The van der Waals surface area contributed by atoms with Gasteiger partial charge in [-0.05, 0) is 54.8 Å². The van der Waals surface area contributed by atoms with Crippen molar-refractivity contribution in [3.8, 4) is 0 Å². The number of methoxy groups -OCH3 is 1. The molecule has 2 aromatic carbocycles. The predicted octanol–water partition coefficient (Wildman–Crippen LogP) is 4.40. The minimum Gasteiger partial charge on any atom is -0.453 e. The normalized spacial score (nSPS) is 11.0. The highest BCUT2D eigenvalue weighted by atomic mass is 127. The van der Waals surface area contributed by atoms with Crippen molar-refractivity contribution in [3.05, 3.63) is 65.6 Å². The average Bonchev–Trinajstić information content (AvgIpc) is 3.14. The maximum atomic E-state index is 13.3. The minimum absolute atomic E-state index is 0. The van der Waals surface area contributed by atoms with Crippen LogP contribution in [0.4, 0.5) is 14.9 Å². The van der Waals surface area contributed by atoms with Gasteiger partial charge in [-0.25, -0.2) is 14.2 Å². The van der Waals surface area contributed by atoms with Crippen LogP contribution in [0.3, 0.4) is 0 Å². The number of guanidine groups is 1. The molecular weight excluding hydrogens is 512 g/mol. The molecule has 1 amide bonds.